The number of hydrogen-bond acceptors (Lipinski definition) is 3. The fourth-order valence-corrected chi connectivity index (χ4v) is 6.75. The molecule has 0 spiro atoms. The smallest absolute Gasteiger partial charge is 0.239 e. The molecule has 0 radical (unpaired) electrons. The summed E-state index contributed by atoms with van der Waals surface area (Å²) >= 11 is 0. The fraction of sp³-hybridized carbons (Fsp3) is 0.333. The van der Waals surface area contributed by atoms with Gasteiger partial charge in [-0.3, -0.25) is 9.59 Å². The van der Waals surface area contributed by atoms with Crippen molar-refractivity contribution in [2.45, 2.75) is 49.9 Å². The zero-order valence-electron chi connectivity index (χ0n) is 25.5. The van der Waals surface area contributed by atoms with Crippen molar-refractivity contribution in [3.8, 4) is 0 Å². The second-order valence-corrected chi connectivity index (χ2v) is 12.4. The van der Waals surface area contributed by atoms with Crippen LogP contribution in [0.15, 0.2) is 115 Å². The normalized spacial score (nSPS) is 15.9. The molecular weight excluding hydrogens is 542 g/mol. The molecule has 0 unspecified atom stereocenters. The third kappa shape index (κ3) is 6.95. The highest BCUT2D eigenvalue weighted by Crippen LogP contribution is 2.39. The minimum Gasteiger partial charge on any atom is -0.355 e. The maximum absolute atomic E-state index is 14.3. The Morgan fingerprint density at radius 3 is 1.82 bits per heavy atom. The Balaban J connectivity index is 1.05. The summed E-state index contributed by atoms with van der Waals surface area (Å²) < 4.78 is 0. The van der Waals surface area contributed by atoms with E-state index in [0.717, 1.165) is 61.3 Å². The van der Waals surface area contributed by atoms with Crippen molar-refractivity contribution in [3.05, 3.63) is 138 Å². The molecule has 1 saturated heterocycles. The van der Waals surface area contributed by atoms with E-state index in [4.69, 9.17) is 0 Å². The van der Waals surface area contributed by atoms with Crippen molar-refractivity contribution in [1.29, 1.82) is 0 Å². The van der Waals surface area contributed by atoms with Gasteiger partial charge in [0.2, 0.25) is 11.8 Å². The van der Waals surface area contributed by atoms with Gasteiger partial charge in [0.25, 0.3) is 0 Å². The summed E-state index contributed by atoms with van der Waals surface area (Å²) in [6.45, 7) is 3.66. The molecule has 1 aliphatic heterocycles. The van der Waals surface area contributed by atoms with Gasteiger partial charge in [-0.25, -0.2) is 0 Å². The van der Waals surface area contributed by atoms with Gasteiger partial charge in [-0.1, -0.05) is 103 Å². The van der Waals surface area contributed by atoms with Crippen molar-refractivity contribution in [1.82, 2.24) is 10.2 Å². The van der Waals surface area contributed by atoms with Crippen molar-refractivity contribution < 1.29 is 9.59 Å². The van der Waals surface area contributed by atoms with Crippen LogP contribution in [0.25, 0.3) is 0 Å². The molecule has 44 heavy (non-hydrogen) atoms. The topological polar surface area (TPSA) is 61.4 Å². The molecule has 0 atom stereocenters. The summed E-state index contributed by atoms with van der Waals surface area (Å²) in [6.07, 6.45) is 6.13. The largest absolute Gasteiger partial charge is 0.355 e. The van der Waals surface area contributed by atoms with Gasteiger partial charge in [-0.2, -0.15) is 0 Å². The van der Waals surface area contributed by atoms with Gasteiger partial charge in [0, 0.05) is 18.7 Å². The lowest BCUT2D eigenvalue weighted by atomic mass is 9.68. The van der Waals surface area contributed by atoms with E-state index >= 15 is 0 Å². The molecule has 4 aromatic rings. The summed E-state index contributed by atoms with van der Waals surface area (Å²) in [5.41, 5.74) is 4.19. The molecular formula is C39H43N3O2. The molecule has 4 aromatic carbocycles. The fourth-order valence-electron chi connectivity index (χ4n) is 6.75. The SMILES string of the molecule is O=C(CC1CC1)Nc1cccc(C2CCN(CCCNC(=O)C(c3ccccc3)(c3ccccc3)c3ccccc3)CC2)c1. The number of amides is 2. The number of carbonyl (C=O) groups is 2. The van der Waals surface area contributed by atoms with E-state index in [1.165, 1.54) is 18.4 Å². The molecule has 1 saturated carbocycles. The maximum atomic E-state index is 14.3. The van der Waals surface area contributed by atoms with Gasteiger partial charge in [0.15, 0.2) is 0 Å². The molecule has 2 N–H and O–H groups in total. The number of rotatable bonds is 12. The second kappa shape index (κ2) is 14.0. The number of anilines is 1. The van der Waals surface area contributed by atoms with Crippen LogP contribution < -0.4 is 10.6 Å². The van der Waals surface area contributed by atoms with Gasteiger partial charge in [-0.05, 0) is 98.0 Å². The summed E-state index contributed by atoms with van der Waals surface area (Å²) in [5.74, 6) is 1.24. The van der Waals surface area contributed by atoms with Gasteiger partial charge in [0.05, 0.1) is 0 Å². The molecule has 0 aromatic heterocycles. The molecule has 2 amide bonds. The number of likely N-dealkylation sites (tertiary alicyclic amines) is 1. The van der Waals surface area contributed by atoms with Crippen LogP contribution in [-0.4, -0.2) is 42.9 Å². The van der Waals surface area contributed by atoms with E-state index in [-0.39, 0.29) is 11.8 Å². The molecule has 5 heteroatoms. The molecule has 2 aliphatic rings. The Morgan fingerprint density at radius 1 is 0.705 bits per heavy atom. The molecule has 6 rings (SSSR count). The summed E-state index contributed by atoms with van der Waals surface area (Å²) in [6, 6.07) is 38.8. The Morgan fingerprint density at radius 2 is 1.27 bits per heavy atom. The van der Waals surface area contributed by atoms with Crippen molar-refractivity contribution in [3.63, 3.8) is 0 Å². The molecule has 226 valence electrons. The average Bonchev–Trinajstić information content (AvgIpc) is 3.89. The van der Waals surface area contributed by atoms with Gasteiger partial charge >= 0.3 is 0 Å². The highest BCUT2D eigenvalue weighted by Gasteiger charge is 2.43. The third-order valence-electron chi connectivity index (χ3n) is 9.30. The average molecular weight is 586 g/mol. The van der Waals surface area contributed by atoms with Crippen LogP contribution in [-0.2, 0) is 15.0 Å². The summed E-state index contributed by atoms with van der Waals surface area (Å²) in [7, 11) is 0. The van der Waals surface area contributed by atoms with Gasteiger partial charge < -0.3 is 15.5 Å². The third-order valence-corrected chi connectivity index (χ3v) is 9.30. The molecule has 0 bridgehead atoms. The number of hydrogen-bond donors (Lipinski definition) is 2. The van der Waals surface area contributed by atoms with Crippen LogP contribution >= 0.6 is 0 Å². The zero-order valence-corrected chi connectivity index (χ0v) is 25.5. The number of benzene rings is 4. The van der Waals surface area contributed by atoms with Crippen molar-refractivity contribution >= 4 is 17.5 Å². The molecule has 5 nitrogen and oxygen atoms in total. The zero-order chi connectivity index (χ0) is 30.2. The van der Waals surface area contributed by atoms with Crippen LogP contribution in [0, 0.1) is 5.92 Å². The van der Waals surface area contributed by atoms with E-state index in [1.54, 1.807) is 0 Å². The van der Waals surface area contributed by atoms with Crippen molar-refractivity contribution in [2.24, 2.45) is 5.92 Å². The molecule has 1 aliphatic carbocycles. The lowest BCUT2D eigenvalue weighted by molar-refractivity contribution is -0.124. The Hall–Kier alpha value is -4.22. The van der Waals surface area contributed by atoms with E-state index < -0.39 is 5.41 Å². The number of nitrogens with one attached hydrogen (secondary N) is 2. The number of carbonyl (C=O) groups excluding carboxylic acids is 2. The monoisotopic (exact) mass is 585 g/mol. The Labute approximate surface area is 261 Å². The first-order valence-corrected chi connectivity index (χ1v) is 16.2. The minimum atomic E-state index is -0.936. The van der Waals surface area contributed by atoms with Gasteiger partial charge in [0.1, 0.15) is 5.41 Å². The Bertz CT molecular complexity index is 1410. The van der Waals surface area contributed by atoms with E-state index in [0.29, 0.717) is 24.8 Å². The van der Waals surface area contributed by atoms with Crippen molar-refractivity contribution in [2.75, 3.05) is 31.5 Å². The van der Waals surface area contributed by atoms with Crippen LogP contribution in [0.2, 0.25) is 0 Å². The highest BCUT2D eigenvalue weighted by atomic mass is 16.2. The molecule has 1 heterocycles. The Kier molecular flexibility index (Phi) is 9.52. The lowest BCUT2D eigenvalue weighted by Gasteiger charge is -2.35. The summed E-state index contributed by atoms with van der Waals surface area (Å²) in [5, 5.41) is 6.43. The molecule has 2 fully saturated rings. The first-order chi connectivity index (χ1) is 21.6. The van der Waals surface area contributed by atoms with Gasteiger partial charge in [-0.15, -0.1) is 0 Å². The van der Waals surface area contributed by atoms with E-state index in [1.807, 2.05) is 60.7 Å². The number of piperidine rings is 1. The first-order valence-electron chi connectivity index (χ1n) is 16.2. The van der Waals surface area contributed by atoms with Crippen LogP contribution in [0.4, 0.5) is 5.69 Å². The first kappa shape index (κ1) is 29.8. The quantitative estimate of drug-likeness (QED) is 0.137. The van der Waals surface area contributed by atoms with Crippen LogP contribution in [0.5, 0.6) is 0 Å². The lowest BCUT2D eigenvalue weighted by Crippen LogP contribution is -2.47. The van der Waals surface area contributed by atoms with Crippen LogP contribution in [0.1, 0.15) is 66.7 Å². The summed E-state index contributed by atoms with van der Waals surface area (Å²) in [4.78, 5) is 29.1. The second-order valence-electron chi connectivity index (χ2n) is 12.4. The predicted molar refractivity (Wildman–Crippen MR) is 178 cm³/mol. The standard InChI is InChI=1S/C39H43N3O2/c43-37(28-30-20-21-30)41-36-19-10-12-32(29-36)31-22-26-42(27-23-31)25-11-24-40-38(44)39(33-13-4-1-5-14-33,34-15-6-2-7-16-34)35-17-8-3-9-18-35/h1-10,12-19,29-31H,11,20-28H2,(H,40,44)(H,41,43). The maximum Gasteiger partial charge on any atom is 0.239 e. The minimum absolute atomic E-state index is 0.00362. The number of nitrogens with zero attached hydrogens (tertiary/aromatic N) is 1. The van der Waals surface area contributed by atoms with E-state index in [2.05, 4.69) is 70.1 Å². The highest BCUT2D eigenvalue weighted by molar-refractivity contribution is 5.96. The predicted octanol–water partition coefficient (Wildman–Crippen LogP) is 7.15. The van der Waals surface area contributed by atoms with E-state index in [9.17, 15) is 9.59 Å². The van der Waals surface area contributed by atoms with Crippen LogP contribution in [0.3, 0.4) is 0 Å².